The van der Waals surface area contributed by atoms with Crippen molar-refractivity contribution in [3.8, 4) is 11.1 Å². The van der Waals surface area contributed by atoms with Crippen LogP contribution in [0.1, 0.15) is 20.7 Å². The molecule has 4 heteroatoms. The highest BCUT2D eigenvalue weighted by molar-refractivity contribution is 7.99. The molecule has 23 heavy (non-hydrogen) atoms. The smallest absolute Gasteiger partial charge is 0.251 e. The highest BCUT2D eigenvalue weighted by atomic mass is 32.2. The third kappa shape index (κ3) is 1.99. The average molecular weight is 319 g/mol. The van der Waals surface area contributed by atoms with Crippen LogP contribution in [0.15, 0.2) is 58.3 Å². The molecule has 112 valence electrons. The van der Waals surface area contributed by atoms with Crippen molar-refractivity contribution in [3.05, 3.63) is 59.7 Å². The number of hydrogen-bond acceptors (Lipinski definition) is 3. The quantitative estimate of drug-likeness (QED) is 0.565. The Morgan fingerprint density at radius 1 is 0.957 bits per heavy atom. The van der Waals surface area contributed by atoms with Crippen molar-refractivity contribution in [1.82, 2.24) is 5.32 Å². The lowest BCUT2D eigenvalue weighted by Crippen LogP contribution is -2.18. The van der Waals surface area contributed by atoms with Crippen molar-refractivity contribution in [2.45, 2.75) is 9.79 Å². The second-order valence-electron chi connectivity index (χ2n) is 5.36. The number of benzene rings is 3. The minimum atomic E-state index is -0.180. The van der Waals surface area contributed by atoms with Gasteiger partial charge in [0.2, 0.25) is 0 Å². The predicted octanol–water partition coefficient (Wildman–Crippen LogP) is 4.14. The molecular formula is C19H13NO2S. The second kappa shape index (κ2) is 5.25. The minimum absolute atomic E-state index is 0.180. The van der Waals surface area contributed by atoms with E-state index in [9.17, 15) is 9.59 Å². The summed E-state index contributed by atoms with van der Waals surface area (Å²) in [4.78, 5) is 26.0. The first kappa shape index (κ1) is 14.0. The van der Waals surface area contributed by atoms with E-state index >= 15 is 0 Å². The van der Waals surface area contributed by atoms with Crippen molar-refractivity contribution in [1.29, 1.82) is 0 Å². The van der Waals surface area contributed by atoms with Gasteiger partial charge in [0, 0.05) is 38.7 Å². The standard InChI is InChI=1S/C19H13NO2S/c1-20-19(22)14-8-7-13-12-4-2-3-5-15(12)23-16-9-6-11(10-21)17(14)18(13)16/h2-10H,1H3,(H,20,22). The first-order valence-electron chi connectivity index (χ1n) is 7.29. The van der Waals surface area contributed by atoms with Crippen molar-refractivity contribution < 1.29 is 9.59 Å². The average Bonchev–Trinajstić information content (AvgIpc) is 2.61. The number of nitrogens with one attached hydrogen (secondary N) is 1. The molecule has 1 aliphatic heterocycles. The molecule has 3 aromatic carbocycles. The van der Waals surface area contributed by atoms with E-state index in [2.05, 4.69) is 17.4 Å². The van der Waals surface area contributed by atoms with E-state index in [0.29, 0.717) is 11.1 Å². The molecule has 4 rings (SSSR count). The number of amides is 1. The van der Waals surface area contributed by atoms with Crippen molar-refractivity contribution >= 4 is 34.7 Å². The van der Waals surface area contributed by atoms with Crippen LogP contribution in [0.25, 0.3) is 21.9 Å². The summed E-state index contributed by atoms with van der Waals surface area (Å²) in [5.74, 6) is -0.180. The van der Waals surface area contributed by atoms with Gasteiger partial charge >= 0.3 is 0 Å². The molecule has 0 aromatic heterocycles. The van der Waals surface area contributed by atoms with Crippen LogP contribution >= 0.6 is 11.8 Å². The van der Waals surface area contributed by atoms with Gasteiger partial charge in [-0.05, 0) is 35.4 Å². The molecule has 0 atom stereocenters. The largest absolute Gasteiger partial charge is 0.355 e. The fraction of sp³-hybridized carbons (Fsp3) is 0.0526. The summed E-state index contributed by atoms with van der Waals surface area (Å²) in [6.45, 7) is 0. The van der Waals surface area contributed by atoms with Crippen LogP contribution in [-0.2, 0) is 0 Å². The van der Waals surface area contributed by atoms with Gasteiger partial charge in [0.1, 0.15) is 0 Å². The third-order valence-electron chi connectivity index (χ3n) is 4.15. The Balaban J connectivity index is 2.17. The highest BCUT2D eigenvalue weighted by Gasteiger charge is 2.23. The number of fused-ring (bicyclic) bond motifs is 2. The molecular weight excluding hydrogens is 306 g/mol. The summed E-state index contributed by atoms with van der Waals surface area (Å²) in [5, 5.41) is 4.38. The maximum Gasteiger partial charge on any atom is 0.251 e. The molecule has 3 aromatic rings. The van der Waals surface area contributed by atoms with Gasteiger partial charge in [-0.1, -0.05) is 36.0 Å². The number of aldehydes is 1. The van der Waals surface area contributed by atoms with Gasteiger partial charge in [0.15, 0.2) is 6.29 Å². The summed E-state index contributed by atoms with van der Waals surface area (Å²) >= 11 is 1.67. The molecule has 0 fully saturated rings. The summed E-state index contributed by atoms with van der Waals surface area (Å²) in [6, 6.07) is 15.7. The van der Waals surface area contributed by atoms with E-state index in [-0.39, 0.29) is 5.91 Å². The first-order valence-corrected chi connectivity index (χ1v) is 8.10. The lowest BCUT2D eigenvalue weighted by Gasteiger charge is -2.22. The Bertz CT molecular complexity index is 979. The van der Waals surface area contributed by atoms with Gasteiger partial charge in [-0.2, -0.15) is 0 Å². The van der Waals surface area contributed by atoms with Crippen LogP contribution in [-0.4, -0.2) is 19.2 Å². The van der Waals surface area contributed by atoms with Gasteiger partial charge < -0.3 is 5.32 Å². The van der Waals surface area contributed by atoms with Gasteiger partial charge in [-0.3, -0.25) is 9.59 Å². The SMILES string of the molecule is CNC(=O)c1ccc2c3c(ccc(C=O)c13)Sc1ccccc1-2. The molecule has 1 amide bonds. The Hall–Kier alpha value is -2.59. The number of hydrogen-bond donors (Lipinski definition) is 1. The van der Waals surface area contributed by atoms with Crippen LogP contribution in [0.2, 0.25) is 0 Å². The van der Waals surface area contributed by atoms with Crippen LogP contribution < -0.4 is 5.32 Å². The van der Waals surface area contributed by atoms with Crippen LogP contribution in [0.3, 0.4) is 0 Å². The predicted molar refractivity (Wildman–Crippen MR) is 92.3 cm³/mol. The van der Waals surface area contributed by atoms with E-state index < -0.39 is 0 Å². The maximum absolute atomic E-state index is 12.2. The molecule has 0 radical (unpaired) electrons. The van der Waals surface area contributed by atoms with Gasteiger partial charge in [0.05, 0.1) is 0 Å². The summed E-state index contributed by atoms with van der Waals surface area (Å²) in [5.41, 5.74) is 3.29. The minimum Gasteiger partial charge on any atom is -0.355 e. The lowest BCUT2D eigenvalue weighted by molar-refractivity contribution is 0.0964. The molecule has 1 heterocycles. The van der Waals surface area contributed by atoms with E-state index in [0.717, 1.165) is 33.1 Å². The van der Waals surface area contributed by atoms with Crippen molar-refractivity contribution in [3.63, 3.8) is 0 Å². The van der Waals surface area contributed by atoms with Gasteiger partial charge in [-0.15, -0.1) is 0 Å². The number of carbonyl (C=O) groups is 2. The van der Waals surface area contributed by atoms with E-state index in [1.54, 1.807) is 30.9 Å². The van der Waals surface area contributed by atoms with Crippen LogP contribution in [0.5, 0.6) is 0 Å². The zero-order valence-electron chi connectivity index (χ0n) is 12.4. The Morgan fingerprint density at radius 3 is 2.57 bits per heavy atom. The maximum atomic E-state index is 12.2. The van der Waals surface area contributed by atoms with Gasteiger partial charge in [-0.25, -0.2) is 0 Å². The third-order valence-corrected chi connectivity index (χ3v) is 5.29. The molecule has 0 unspecified atom stereocenters. The fourth-order valence-electron chi connectivity index (χ4n) is 3.12. The Labute approximate surface area is 137 Å². The second-order valence-corrected chi connectivity index (χ2v) is 6.44. The molecule has 0 saturated heterocycles. The molecule has 0 bridgehead atoms. The first-order chi connectivity index (χ1) is 11.2. The molecule has 3 nitrogen and oxygen atoms in total. The van der Waals surface area contributed by atoms with E-state index in [1.165, 1.54) is 4.90 Å². The monoisotopic (exact) mass is 319 g/mol. The topological polar surface area (TPSA) is 46.2 Å². The molecule has 1 aliphatic rings. The fourth-order valence-corrected chi connectivity index (χ4v) is 4.24. The van der Waals surface area contributed by atoms with E-state index in [1.807, 2.05) is 24.3 Å². The zero-order valence-corrected chi connectivity index (χ0v) is 13.2. The van der Waals surface area contributed by atoms with Gasteiger partial charge in [0.25, 0.3) is 5.91 Å². The van der Waals surface area contributed by atoms with Crippen LogP contribution in [0.4, 0.5) is 0 Å². The Morgan fingerprint density at radius 2 is 1.78 bits per heavy atom. The number of carbonyl (C=O) groups excluding carboxylic acids is 2. The molecule has 0 aliphatic carbocycles. The normalized spacial score (nSPS) is 11.9. The summed E-state index contributed by atoms with van der Waals surface area (Å²) in [7, 11) is 1.60. The summed E-state index contributed by atoms with van der Waals surface area (Å²) in [6.07, 6.45) is 0.820. The molecule has 0 spiro atoms. The molecule has 1 N–H and O–H groups in total. The van der Waals surface area contributed by atoms with Crippen molar-refractivity contribution in [2.75, 3.05) is 7.05 Å². The number of rotatable bonds is 2. The van der Waals surface area contributed by atoms with Crippen molar-refractivity contribution in [2.24, 2.45) is 0 Å². The summed E-state index contributed by atoms with van der Waals surface area (Å²) < 4.78 is 0. The zero-order chi connectivity index (χ0) is 16.0. The Kier molecular flexibility index (Phi) is 3.20. The molecule has 0 saturated carbocycles. The van der Waals surface area contributed by atoms with Crippen LogP contribution in [0, 0.1) is 0 Å². The lowest BCUT2D eigenvalue weighted by atomic mass is 9.91. The van der Waals surface area contributed by atoms with E-state index in [4.69, 9.17) is 0 Å². The highest BCUT2D eigenvalue weighted by Crippen LogP contribution is 2.48.